The maximum atomic E-state index is 12.5. The quantitative estimate of drug-likeness (QED) is 0.801. The lowest BCUT2D eigenvalue weighted by Gasteiger charge is -2.26. The van der Waals surface area contributed by atoms with Gasteiger partial charge in [0.05, 0.1) is 18.7 Å². The van der Waals surface area contributed by atoms with E-state index < -0.39 is 5.91 Å². The van der Waals surface area contributed by atoms with Gasteiger partial charge < -0.3 is 20.7 Å². The minimum atomic E-state index is -0.537. The van der Waals surface area contributed by atoms with Gasteiger partial charge in [-0.25, -0.2) is 4.79 Å². The molecule has 0 unspecified atom stereocenters. The van der Waals surface area contributed by atoms with Crippen LogP contribution in [-0.4, -0.2) is 36.0 Å². The second kappa shape index (κ2) is 8.73. The lowest BCUT2D eigenvalue weighted by molar-refractivity contribution is -0.117. The summed E-state index contributed by atoms with van der Waals surface area (Å²) in [7, 11) is 0. The van der Waals surface area contributed by atoms with Gasteiger partial charge >= 0.3 is 6.09 Å². The minimum Gasteiger partial charge on any atom is -0.450 e. The van der Waals surface area contributed by atoms with Crippen molar-refractivity contribution in [2.45, 2.75) is 58.4 Å². The van der Waals surface area contributed by atoms with Crippen LogP contribution in [0.2, 0.25) is 0 Å². The van der Waals surface area contributed by atoms with Gasteiger partial charge in [-0.1, -0.05) is 19.3 Å². The molecule has 1 aliphatic carbocycles. The standard InChI is InChI=1S/C19H27N3O4S/c1-2-26-19(25)22-9-8-13-14(11-22)27-18(16(13)17(20)24)21-15(23)10-12-6-4-3-5-7-12/h12H,2-11H2,1H3,(H2,20,24)(H,21,23). The Balaban J connectivity index is 1.73. The summed E-state index contributed by atoms with van der Waals surface area (Å²) >= 11 is 1.34. The van der Waals surface area contributed by atoms with Crippen LogP contribution >= 0.6 is 11.3 Å². The van der Waals surface area contributed by atoms with Gasteiger partial charge in [-0.15, -0.1) is 11.3 Å². The molecular weight excluding hydrogens is 366 g/mol. The van der Waals surface area contributed by atoms with Crippen molar-refractivity contribution in [2.24, 2.45) is 11.7 Å². The topological polar surface area (TPSA) is 102 Å². The van der Waals surface area contributed by atoms with Gasteiger partial charge in [-0.05, 0) is 37.7 Å². The first-order valence-corrected chi connectivity index (χ1v) is 10.5. The molecule has 8 heteroatoms. The zero-order valence-corrected chi connectivity index (χ0v) is 16.5. The highest BCUT2D eigenvalue weighted by molar-refractivity contribution is 7.17. The number of carbonyl (C=O) groups is 3. The number of hydrogen-bond acceptors (Lipinski definition) is 5. The molecule has 148 valence electrons. The van der Waals surface area contributed by atoms with Gasteiger partial charge in [0, 0.05) is 17.8 Å². The second-order valence-corrected chi connectivity index (χ2v) is 8.30. The van der Waals surface area contributed by atoms with Gasteiger partial charge in [0.1, 0.15) is 5.00 Å². The van der Waals surface area contributed by atoms with E-state index in [1.165, 1.54) is 30.6 Å². The van der Waals surface area contributed by atoms with E-state index in [-0.39, 0.29) is 12.0 Å². The molecule has 3 amide bonds. The molecule has 0 saturated heterocycles. The van der Waals surface area contributed by atoms with Crippen LogP contribution < -0.4 is 11.1 Å². The van der Waals surface area contributed by atoms with Gasteiger partial charge in [0.15, 0.2) is 0 Å². The Labute approximate surface area is 163 Å². The molecule has 3 N–H and O–H groups in total. The number of nitrogens with two attached hydrogens (primary N) is 1. The molecule has 1 saturated carbocycles. The summed E-state index contributed by atoms with van der Waals surface area (Å²) in [5.74, 6) is -0.181. The third-order valence-corrected chi connectivity index (χ3v) is 6.41. The first kappa shape index (κ1) is 19.7. The monoisotopic (exact) mass is 393 g/mol. The van der Waals surface area contributed by atoms with Gasteiger partial charge in [0.25, 0.3) is 5.91 Å². The van der Waals surface area contributed by atoms with Crippen molar-refractivity contribution in [3.05, 3.63) is 16.0 Å². The number of thiophene rings is 1. The number of ether oxygens (including phenoxy) is 1. The second-order valence-electron chi connectivity index (χ2n) is 7.20. The lowest BCUT2D eigenvalue weighted by atomic mass is 9.87. The summed E-state index contributed by atoms with van der Waals surface area (Å²) in [6.07, 6.45) is 6.44. The van der Waals surface area contributed by atoms with Gasteiger partial charge in [-0.2, -0.15) is 0 Å². The summed E-state index contributed by atoms with van der Waals surface area (Å²) in [5, 5.41) is 3.42. The summed E-state index contributed by atoms with van der Waals surface area (Å²) in [4.78, 5) is 39.0. The van der Waals surface area contributed by atoms with E-state index in [0.717, 1.165) is 23.3 Å². The van der Waals surface area contributed by atoms with E-state index in [2.05, 4.69) is 5.32 Å². The zero-order valence-electron chi connectivity index (χ0n) is 15.7. The number of rotatable bonds is 5. The van der Waals surface area contributed by atoms with E-state index in [0.29, 0.717) is 49.0 Å². The number of hydrogen-bond donors (Lipinski definition) is 2. The molecule has 0 atom stereocenters. The SMILES string of the molecule is CCOC(=O)N1CCc2c(sc(NC(=O)CC3CCCCC3)c2C(N)=O)C1. The van der Waals surface area contributed by atoms with Crippen LogP contribution in [0.25, 0.3) is 0 Å². The van der Waals surface area contributed by atoms with E-state index >= 15 is 0 Å². The highest BCUT2D eigenvalue weighted by Gasteiger charge is 2.30. The van der Waals surface area contributed by atoms with E-state index in [1.807, 2.05) is 0 Å². The molecule has 0 spiro atoms. The third-order valence-electron chi connectivity index (χ3n) is 5.28. The van der Waals surface area contributed by atoms with E-state index in [4.69, 9.17) is 10.5 Å². The fourth-order valence-corrected chi connectivity index (χ4v) is 5.24. The first-order chi connectivity index (χ1) is 13.0. The van der Waals surface area contributed by atoms with Crippen molar-refractivity contribution in [3.8, 4) is 0 Å². The summed E-state index contributed by atoms with van der Waals surface area (Å²) in [6.45, 7) is 2.93. The highest BCUT2D eigenvalue weighted by Crippen LogP contribution is 2.37. The normalized spacial score (nSPS) is 17.3. The number of fused-ring (bicyclic) bond motifs is 1. The van der Waals surface area contributed by atoms with Gasteiger partial charge in [0.2, 0.25) is 5.91 Å². The Morgan fingerprint density at radius 3 is 2.67 bits per heavy atom. The maximum absolute atomic E-state index is 12.5. The van der Waals surface area contributed by atoms with Crippen LogP contribution in [0, 0.1) is 5.92 Å². The highest BCUT2D eigenvalue weighted by atomic mass is 32.1. The molecule has 7 nitrogen and oxygen atoms in total. The molecule has 1 fully saturated rings. The summed E-state index contributed by atoms with van der Waals surface area (Å²) < 4.78 is 5.06. The van der Waals surface area contributed by atoms with Crippen molar-refractivity contribution in [1.29, 1.82) is 0 Å². The molecule has 1 aliphatic heterocycles. The van der Waals surface area contributed by atoms with Crippen molar-refractivity contribution < 1.29 is 19.1 Å². The number of nitrogens with zero attached hydrogens (tertiary/aromatic N) is 1. The zero-order chi connectivity index (χ0) is 19.4. The maximum Gasteiger partial charge on any atom is 0.410 e. The Hall–Kier alpha value is -2.09. The van der Waals surface area contributed by atoms with Crippen LogP contribution in [0.3, 0.4) is 0 Å². The number of primary amides is 1. The lowest BCUT2D eigenvalue weighted by Crippen LogP contribution is -2.36. The van der Waals surface area contributed by atoms with Crippen LogP contribution in [0.15, 0.2) is 0 Å². The number of carbonyl (C=O) groups excluding carboxylic acids is 3. The predicted octanol–water partition coefficient (Wildman–Crippen LogP) is 3.27. The summed E-state index contributed by atoms with van der Waals surface area (Å²) in [5.41, 5.74) is 6.84. The van der Waals surface area contributed by atoms with Gasteiger partial charge in [-0.3, -0.25) is 9.59 Å². The molecular formula is C19H27N3O4S. The summed E-state index contributed by atoms with van der Waals surface area (Å²) in [6, 6.07) is 0. The molecule has 1 aromatic heterocycles. The number of nitrogens with one attached hydrogen (secondary N) is 1. The third kappa shape index (κ3) is 4.61. The van der Waals surface area contributed by atoms with Crippen molar-refractivity contribution in [3.63, 3.8) is 0 Å². The minimum absolute atomic E-state index is 0.0646. The average molecular weight is 394 g/mol. The molecule has 0 radical (unpaired) electrons. The number of amides is 3. The van der Waals surface area contributed by atoms with Crippen molar-refractivity contribution >= 4 is 34.2 Å². The fraction of sp³-hybridized carbons (Fsp3) is 0.632. The van der Waals surface area contributed by atoms with Crippen LogP contribution in [0.4, 0.5) is 9.80 Å². The molecule has 3 rings (SSSR count). The first-order valence-electron chi connectivity index (χ1n) is 9.65. The van der Waals surface area contributed by atoms with Crippen molar-refractivity contribution in [1.82, 2.24) is 4.90 Å². The molecule has 2 aliphatic rings. The van der Waals surface area contributed by atoms with Crippen LogP contribution in [0.5, 0.6) is 0 Å². The molecule has 2 heterocycles. The van der Waals surface area contributed by atoms with Crippen LogP contribution in [-0.2, 0) is 22.5 Å². The van der Waals surface area contributed by atoms with Crippen LogP contribution in [0.1, 0.15) is 66.2 Å². The molecule has 1 aromatic rings. The Bertz CT molecular complexity index is 725. The van der Waals surface area contributed by atoms with E-state index in [9.17, 15) is 14.4 Å². The Kier molecular flexibility index (Phi) is 6.36. The number of anilines is 1. The van der Waals surface area contributed by atoms with Crippen molar-refractivity contribution in [2.75, 3.05) is 18.5 Å². The average Bonchev–Trinajstić information content (AvgIpc) is 2.99. The Morgan fingerprint density at radius 1 is 1.26 bits per heavy atom. The molecule has 27 heavy (non-hydrogen) atoms. The molecule has 0 bridgehead atoms. The van der Waals surface area contributed by atoms with E-state index in [1.54, 1.807) is 11.8 Å². The Morgan fingerprint density at radius 2 is 2.00 bits per heavy atom. The molecule has 0 aromatic carbocycles. The largest absolute Gasteiger partial charge is 0.450 e. The fourth-order valence-electron chi connectivity index (χ4n) is 3.95. The smallest absolute Gasteiger partial charge is 0.410 e. The predicted molar refractivity (Wildman–Crippen MR) is 104 cm³/mol.